The van der Waals surface area contributed by atoms with E-state index in [1.165, 1.54) is 45.6 Å². The molecule has 3 atom stereocenters. The van der Waals surface area contributed by atoms with Gasteiger partial charge in [-0.3, -0.25) is 9.80 Å². The molecule has 2 bridgehead atoms. The lowest BCUT2D eigenvalue weighted by Gasteiger charge is -2.49. The summed E-state index contributed by atoms with van der Waals surface area (Å²) in [5, 5.41) is 0. The molecule has 3 unspecified atom stereocenters. The van der Waals surface area contributed by atoms with E-state index in [1.54, 1.807) is 0 Å². The molecule has 3 heterocycles. The van der Waals surface area contributed by atoms with Gasteiger partial charge in [-0.1, -0.05) is 20.8 Å². The van der Waals surface area contributed by atoms with E-state index in [1.807, 2.05) is 0 Å². The highest BCUT2D eigenvalue weighted by Gasteiger charge is 2.35. The summed E-state index contributed by atoms with van der Waals surface area (Å²) in [5.41, 5.74) is 6.44. The molecule has 3 nitrogen and oxygen atoms in total. The van der Waals surface area contributed by atoms with Crippen molar-refractivity contribution in [2.45, 2.75) is 45.7 Å². The van der Waals surface area contributed by atoms with Gasteiger partial charge in [0.05, 0.1) is 0 Å². The Morgan fingerprint density at radius 3 is 2.18 bits per heavy atom. The normalized spacial score (nSPS) is 36.2. The van der Waals surface area contributed by atoms with E-state index in [9.17, 15) is 0 Å². The summed E-state index contributed by atoms with van der Waals surface area (Å²) in [7, 11) is 0. The molecule has 0 radical (unpaired) electrons. The van der Waals surface area contributed by atoms with Gasteiger partial charge in [0.2, 0.25) is 0 Å². The Labute approximate surface area is 106 Å². The number of hydrogen-bond acceptors (Lipinski definition) is 3. The van der Waals surface area contributed by atoms with Gasteiger partial charge in [0.25, 0.3) is 0 Å². The van der Waals surface area contributed by atoms with Gasteiger partial charge in [-0.25, -0.2) is 0 Å². The predicted molar refractivity (Wildman–Crippen MR) is 73.0 cm³/mol. The van der Waals surface area contributed by atoms with E-state index in [4.69, 9.17) is 5.73 Å². The van der Waals surface area contributed by atoms with Gasteiger partial charge in [-0.05, 0) is 24.7 Å². The van der Waals surface area contributed by atoms with E-state index >= 15 is 0 Å². The molecule has 0 amide bonds. The maximum absolute atomic E-state index is 6.44. The average Bonchev–Trinajstić information content (AvgIpc) is 2.29. The lowest BCUT2D eigenvalue weighted by atomic mass is 9.88. The summed E-state index contributed by atoms with van der Waals surface area (Å²) in [6.45, 7) is 13.1. The van der Waals surface area contributed by atoms with Gasteiger partial charge in [0, 0.05) is 44.8 Å². The summed E-state index contributed by atoms with van der Waals surface area (Å²) in [5.74, 6) is 1.56. The van der Waals surface area contributed by atoms with Gasteiger partial charge in [0.15, 0.2) is 0 Å². The summed E-state index contributed by atoms with van der Waals surface area (Å²) in [6.07, 6.45) is 2.50. The third-order valence-electron chi connectivity index (χ3n) is 4.36. The van der Waals surface area contributed by atoms with Crippen LogP contribution in [0.3, 0.4) is 0 Å². The molecule has 0 spiro atoms. The van der Waals surface area contributed by atoms with Gasteiger partial charge < -0.3 is 5.73 Å². The molecule has 3 fully saturated rings. The molecule has 0 saturated carbocycles. The summed E-state index contributed by atoms with van der Waals surface area (Å²) in [6, 6.07) is 0.985. The lowest BCUT2D eigenvalue weighted by Crippen LogP contribution is -2.65. The maximum atomic E-state index is 6.44. The molecule has 3 rings (SSSR count). The highest BCUT2D eigenvalue weighted by molar-refractivity contribution is 4.94. The van der Waals surface area contributed by atoms with Crippen molar-refractivity contribution in [2.24, 2.45) is 17.6 Å². The van der Waals surface area contributed by atoms with Crippen molar-refractivity contribution in [3.8, 4) is 0 Å². The third-order valence-corrected chi connectivity index (χ3v) is 4.36. The first-order valence-electron chi connectivity index (χ1n) is 7.28. The second kappa shape index (κ2) is 5.68. The van der Waals surface area contributed by atoms with Crippen molar-refractivity contribution in [3.63, 3.8) is 0 Å². The van der Waals surface area contributed by atoms with Crippen molar-refractivity contribution in [1.82, 2.24) is 9.80 Å². The minimum atomic E-state index is 0.367. The Morgan fingerprint density at radius 2 is 1.71 bits per heavy atom. The largest absolute Gasteiger partial charge is 0.326 e. The first-order valence-corrected chi connectivity index (χ1v) is 7.28. The Morgan fingerprint density at radius 1 is 1.06 bits per heavy atom. The van der Waals surface area contributed by atoms with Gasteiger partial charge >= 0.3 is 0 Å². The van der Waals surface area contributed by atoms with Crippen LogP contribution in [0.2, 0.25) is 0 Å². The number of hydrogen-bond donors (Lipinski definition) is 1. The fourth-order valence-corrected chi connectivity index (χ4v) is 3.59. The quantitative estimate of drug-likeness (QED) is 0.787. The first kappa shape index (κ1) is 13.3. The van der Waals surface area contributed by atoms with Crippen LogP contribution >= 0.6 is 0 Å². The summed E-state index contributed by atoms with van der Waals surface area (Å²) >= 11 is 0. The first-order chi connectivity index (χ1) is 8.06. The number of nitrogens with zero attached hydrogens (tertiary/aromatic N) is 2. The Bertz CT molecular complexity index is 234. The van der Waals surface area contributed by atoms with Crippen molar-refractivity contribution in [2.75, 3.05) is 32.7 Å². The topological polar surface area (TPSA) is 32.5 Å². The minimum absolute atomic E-state index is 0.367. The second-order valence-electron chi connectivity index (χ2n) is 6.54. The molecule has 3 aliphatic heterocycles. The van der Waals surface area contributed by atoms with E-state index in [2.05, 4.69) is 30.6 Å². The van der Waals surface area contributed by atoms with Crippen LogP contribution in [0, 0.1) is 11.8 Å². The molecule has 3 heteroatoms. The number of nitrogens with two attached hydrogens (primary N) is 1. The monoisotopic (exact) mass is 239 g/mol. The zero-order valence-electron chi connectivity index (χ0n) is 11.7. The highest BCUT2D eigenvalue weighted by atomic mass is 15.3. The second-order valence-corrected chi connectivity index (χ2v) is 6.54. The van der Waals surface area contributed by atoms with Crippen LogP contribution in [0.15, 0.2) is 0 Å². The summed E-state index contributed by atoms with van der Waals surface area (Å²) in [4.78, 5) is 5.20. The van der Waals surface area contributed by atoms with E-state index in [-0.39, 0.29) is 0 Å². The molecule has 0 aromatic carbocycles. The number of piperazine rings is 3. The minimum Gasteiger partial charge on any atom is -0.326 e. The van der Waals surface area contributed by atoms with Gasteiger partial charge in [-0.2, -0.15) is 0 Å². The van der Waals surface area contributed by atoms with Crippen LogP contribution in [0.25, 0.3) is 0 Å². The molecule has 0 aliphatic carbocycles. The zero-order valence-corrected chi connectivity index (χ0v) is 11.7. The summed E-state index contributed by atoms with van der Waals surface area (Å²) < 4.78 is 0. The third kappa shape index (κ3) is 3.43. The van der Waals surface area contributed by atoms with Crippen LogP contribution < -0.4 is 5.73 Å². The molecular formula is C14H29N3. The van der Waals surface area contributed by atoms with Crippen molar-refractivity contribution in [1.29, 1.82) is 0 Å². The SMILES string of the molecule is CC(C)CC(C)CC(N)C1CN2CCN1CC2. The smallest absolute Gasteiger partial charge is 0.0375 e. The molecule has 2 N–H and O–H groups in total. The van der Waals surface area contributed by atoms with Crippen LogP contribution in [-0.2, 0) is 0 Å². The van der Waals surface area contributed by atoms with Crippen LogP contribution in [-0.4, -0.2) is 54.6 Å². The number of rotatable bonds is 5. The highest BCUT2D eigenvalue weighted by Crippen LogP contribution is 2.23. The van der Waals surface area contributed by atoms with Crippen molar-refractivity contribution < 1.29 is 0 Å². The molecular weight excluding hydrogens is 210 g/mol. The molecule has 0 aromatic rings. The molecule has 0 aromatic heterocycles. The Hall–Kier alpha value is -0.120. The molecule has 3 saturated heterocycles. The van der Waals surface area contributed by atoms with Crippen LogP contribution in [0.4, 0.5) is 0 Å². The van der Waals surface area contributed by atoms with Crippen molar-refractivity contribution >= 4 is 0 Å². The maximum Gasteiger partial charge on any atom is 0.0375 e. The van der Waals surface area contributed by atoms with Crippen molar-refractivity contribution in [3.05, 3.63) is 0 Å². The fraction of sp³-hybridized carbons (Fsp3) is 1.00. The van der Waals surface area contributed by atoms with E-state index in [0.717, 1.165) is 11.8 Å². The van der Waals surface area contributed by atoms with E-state index in [0.29, 0.717) is 12.1 Å². The fourth-order valence-electron chi connectivity index (χ4n) is 3.59. The number of fused-ring (bicyclic) bond motifs is 3. The van der Waals surface area contributed by atoms with Gasteiger partial charge in [0.1, 0.15) is 0 Å². The van der Waals surface area contributed by atoms with Crippen LogP contribution in [0.5, 0.6) is 0 Å². The van der Waals surface area contributed by atoms with E-state index < -0.39 is 0 Å². The molecule has 3 aliphatic rings. The standard InChI is InChI=1S/C14H29N3/c1-11(2)8-12(3)9-13(15)14-10-16-4-6-17(14)7-5-16/h11-14H,4-10,15H2,1-3H3. The Balaban J connectivity index is 1.81. The van der Waals surface area contributed by atoms with Crippen LogP contribution in [0.1, 0.15) is 33.6 Å². The lowest BCUT2D eigenvalue weighted by molar-refractivity contribution is -0.000748. The molecule has 100 valence electrons. The average molecular weight is 239 g/mol. The zero-order chi connectivity index (χ0) is 12.4. The predicted octanol–water partition coefficient (Wildman–Crippen LogP) is 1.39. The Kier molecular flexibility index (Phi) is 4.45. The molecule has 17 heavy (non-hydrogen) atoms. The van der Waals surface area contributed by atoms with Gasteiger partial charge in [-0.15, -0.1) is 0 Å².